The number of hydrogen-bond acceptors (Lipinski definition) is 2. The van der Waals surface area contributed by atoms with Crippen molar-refractivity contribution in [3.8, 4) is 0 Å². The van der Waals surface area contributed by atoms with Crippen molar-refractivity contribution in [2.45, 2.75) is 35.0 Å². The second-order valence-corrected chi connectivity index (χ2v) is 1.19. The van der Waals surface area contributed by atoms with E-state index in [-0.39, 0.29) is 52.5 Å². The molecule has 0 spiro atoms. The van der Waals surface area contributed by atoms with E-state index in [2.05, 4.69) is 6.92 Å². The standard InChI is InChI=1S/C5H11O2.3CH4.Sn/c1-4-5(6-2)7-3;;;;/h5H,1,4H2,2-3H3;3*1H4;. The van der Waals surface area contributed by atoms with Crippen molar-refractivity contribution in [3.63, 3.8) is 0 Å². The topological polar surface area (TPSA) is 18.5 Å². The molecule has 0 aromatic heterocycles. The molecule has 3 heteroatoms. The van der Waals surface area contributed by atoms with Gasteiger partial charge in [0.2, 0.25) is 0 Å². The van der Waals surface area contributed by atoms with Gasteiger partial charge in [0.15, 0.2) is 6.29 Å². The Morgan fingerprint density at radius 1 is 1.09 bits per heavy atom. The number of ether oxygens (including phenoxy) is 2. The Morgan fingerprint density at radius 2 is 1.36 bits per heavy atom. The van der Waals surface area contributed by atoms with E-state index in [9.17, 15) is 0 Å². The van der Waals surface area contributed by atoms with Gasteiger partial charge in [-0.15, -0.1) is 0 Å². The third-order valence-electron chi connectivity index (χ3n) is 0.761. The van der Waals surface area contributed by atoms with Crippen LogP contribution < -0.4 is 0 Å². The molecule has 0 N–H and O–H groups in total. The van der Waals surface area contributed by atoms with Gasteiger partial charge >= 0.3 is 0 Å². The fourth-order valence-corrected chi connectivity index (χ4v) is 0.332. The Morgan fingerprint density at radius 3 is 1.36 bits per heavy atom. The van der Waals surface area contributed by atoms with Gasteiger partial charge in [-0.1, -0.05) is 22.3 Å². The SMILES string of the molecule is C.C.C.[CH2]CC(OC)OC.[Sn]. The van der Waals surface area contributed by atoms with Crippen LogP contribution in [-0.2, 0) is 9.47 Å². The minimum atomic E-state index is -0.125. The molecule has 0 unspecified atom stereocenters. The van der Waals surface area contributed by atoms with Gasteiger partial charge in [0.25, 0.3) is 0 Å². The molecule has 0 rings (SSSR count). The maximum atomic E-state index is 4.76. The zero-order chi connectivity index (χ0) is 5.70. The first-order valence-electron chi connectivity index (χ1n) is 2.20. The number of methoxy groups -OCH3 is 2. The molecule has 0 aromatic rings. The van der Waals surface area contributed by atoms with E-state index in [0.29, 0.717) is 6.42 Å². The first-order valence-corrected chi connectivity index (χ1v) is 2.20. The zero-order valence-electron chi connectivity index (χ0n) is 5.31. The Bertz CT molecular complexity index is 33.6. The molecule has 0 aromatic carbocycles. The van der Waals surface area contributed by atoms with Crippen molar-refractivity contribution in [2.75, 3.05) is 14.2 Å². The van der Waals surface area contributed by atoms with Crippen molar-refractivity contribution in [1.29, 1.82) is 0 Å². The normalized spacial score (nSPS) is 6.55. The molecule has 0 saturated carbocycles. The molecular weight excluding hydrogens is 247 g/mol. The molecule has 0 aliphatic heterocycles. The van der Waals surface area contributed by atoms with E-state index in [4.69, 9.17) is 9.47 Å². The fourth-order valence-electron chi connectivity index (χ4n) is 0.332. The van der Waals surface area contributed by atoms with Gasteiger partial charge in [-0.3, -0.25) is 0 Å². The van der Waals surface area contributed by atoms with Crippen LogP contribution in [0.1, 0.15) is 28.7 Å². The van der Waals surface area contributed by atoms with Gasteiger partial charge in [0.1, 0.15) is 0 Å². The van der Waals surface area contributed by atoms with Gasteiger partial charge in [-0.05, 0) is 13.3 Å². The summed E-state index contributed by atoms with van der Waals surface area (Å²) in [5.74, 6) is 0. The molecule has 0 saturated heterocycles. The Balaban J connectivity index is -0.0000000300. The van der Waals surface area contributed by atoms with Crippen LogP contribution in [0.5, 0.6) is 0 Å². The van der Waals surface area contributed by atoms with E-state index in [1.54, 1.807) is 14.2 Å². The molecule has 0 amide bonds. The molecule has 2 nitrogen and oxygen atoms in total. The molecule has 0 bridgehead atoms. The second kappa shape index (κ2) is 22.4. The first-order chi connectivity index (χ1) is 3.35. The van der Waals surface area contributed by atoms with Crippen LogP contribution >= 0.6 is 0 Å². The zero-order valence-corrected chi connectivity index (χ0v) is 8.16. The van der Waals surface area contributed by atoms with E-state index in [0.717, 1.165) is 0 Å². The molecule has 71 valence electrons. The molecule has 0 atom stereocenters. The average molecular weight is 270 g/mol. The predicted molar refractivity (Wildman–Crippen MR) is 53.7 cm³/mol. The van der Waals surface area contributed by atoms with Crippen LogP contribution in [0.25, 0.3) is 0 Å². The maximum absolute atomic E-state index is 4.76. The summed E-state index contributed by atoms with van der Waals surface area (Å²) in [6, 6.07) is 0. The summed E-state index contributed by atoms with van der Waals surface area (Å²) in [5.41, 5.74) is 0. The molecule has 0 aliphatic carbocycles. The summed E-state index contributed by atoms with van der Waals surface area (Å²) >= 11 is 0. The summed E-state index contributed by atoms with van der Waals surface area (Å²) in [6.07, 6.45) is 0.535. The Hall–Kier alpha value is 0.719. The van der Waals surface area contributed by atoms with Gasteiger partial charge in [-0.2, -0.15) is 0 Å². The third-order valence-corrected chi connectivity index (χ3v) is 0.761. The van der Waals surface area contributed by atoms with Crippen LogP contribution in [0, 0.1) is 6.92 Å². The van der Waals surface area contributed by atoms with Gasteiger partial charge in [0.05, 0.1) is 0 Å². The van der Waals surface area contributed by atoms with Crippen LogP contribution in [0.3, 0.4) is 0 Å². The Labute approximate surface area is 89.6 Å². The average Bonchev–Trinajstić information content (AvgIpc) is 1.72. The smallest absolute Gasteiger partial charge is 0.156 e. The minimum absolute atomic E-state index is 0. The fraction of sp³-hybridized carbons (Fsp3) is 0.875. The first kappa shape index (κ1) is 29.8. The van der Waals surface area contributed by atoms with Crippen LogP contribution in [0.2, 0.25) is 0 Å². The van der Waals surface area contributed by atoms with Crippen LogP contribution in [0.15, 0.2) is 0 Å². The van der Waals surface area contributed by atoms with E-state index >= 15 is 0 Å². The maximum Gasteiger partial charge on any atom is 0.156 e. The number of rotatable bonds is 3. The second-order valence-electron chi connectivity index (χ2n) is 1.19. The van der Waals surface area contributed by atoms with Crippen LogP contribution in [-0.4, -0.2) is 44.4 Å². The summed E-state index contributed by atoms with van der Waals surface area (Å²) in [6.45, 7) is 3.58. The van der Waals surface area contributed by atoms with E-state index in [1.165, 1.54) is 0 Å². The monoisotopic (exact) mass is 271 g/mol. The van der Waals surface area contributed by atoms with E-state index in [1.807, 2.05) is 0 Å². The van der Waals surface area contributed by atoms with Gasteiger partial charge in [-0.25, -0.2) is 0 Å². The van der Waals surface area contributed by atoms with Crippen molar-refractivity contribution in [2.24, 2.45) is 0 Å². The van der Waals surface area contributed by atoms with Crippen molar-refractivity contribution >= 4 is 23.9 Å². The largest absolute Gasteiger partial charge is 0.356 e. The van der Waals surface area contributed by atoms with Crippen molar-refractivity contribution in [3.05, 3.63) is 6.92 Å². The number of hydrogen-bond donors (Lipinski definition) is 0. The van der Waals surface area contributed by atoms with Crippen molar-refractivity contribution in [1.82, 2.24) is 0 Å². The summed E-state index contributed by atoms with van der Waals surface area (Å²) in [4.78, 5) is 0. The minimum Gasteiger partial charge on any atom is -0.356 e. The third kappa shape index (κ3) is 18.0. The Kier molecular flexibility index (Phi) is 60.8. The molecule has 0 fully saturated rings. The summed E-state index contributed by atoms with van der Waals surface area (Å²) < 4.78 is 9.53. The van der Waals surface area contributed by atoms with Gasteiger partial charge in [0, 0.05) is 38.1 Å². The predicted octanol–water partition coefficient (Wildman–Crippen LogP) is 2.36. The van der Waals surface area contributed by atoms with Gasteiger partial charge < -0.3 is 9.47 Å². The van der Waals surface area contributed by atoms with E-state index < -0.39 is 0 Å². The summed E-state index contributed by atoms with van der Waals surface area (Å²) in [7, 11) is 3.19. The molecule has 11 heavy (non-hydrogen) atoms. The molecule has 0 heterocycles. The quantitative estimate of drug-likeness (QED) is 0.579. The summed E-state index contributed by atoms with van der Waals surface area (Å²) in [5, 5.41) is 0. The van der Waals surface area contributed by atoms with Crippen molar-refractivity contribution < 1.29 is 9.47 Å². The molecule has 0 aliphatic rings. The molecule has 5 radical (unpaired) electrons. The van der Waals surface area contributed by atoms with Crippen LogP contribution in [0.4, 0.5) is 0 Å². The molecular formula is C8H23O2Sn.